The number of aromatic hydroxyl groups is 1. The summed E-state index contributed by atoms with van der Waals surface area (Å²) < 4.78 is 0. The first-order valence-corrected chi connectivity index (χ1v) is 44.7. The van der Waals surface area contributed by atoms with E-state index in [4.69, 9.17) is 17.2 Å². The number of aromatic nitrogens is 2. The minimum atomic E-state index is -1.88. The topological polar surface area (TPSA) is 614 Å². The molecule has 21 N–H and O–H groups in total. The molecule has 0 spiro atoms. The third-order valence-electron chi connectivity index (χ3n) is 23.7. The molecule has 42 heteroatoms. The van der Waals surface area contributed by atoms with E-state index in [1.54, 1.807) is 67.8 Å². The van der Waals surface area contributed by atoms with Crippen molar-refractivity contribution in [3.63, 3.8) is 0 Å². The Balaban J connectivity index is 1.07. The van der Waals surface area contributed by atoms with Gasteiger partial charge in [0.2, 0.25) is 100 Å². The summed E-state index contributed by atoms with van der Waals surface area (Å²) in [5.74, 6) is -18.8. The molecule has 2 aromatic heterocycles. The highest BCUT2D eigenvalue weighted by atomic mass is 32.2. The molecule has 17 amide bonds. The summed E-state index contributed by atoms with van der Waals surface area (Å²) in [5, 5.41) is 58.8. The van der Waals surface area contributed by atoms with Gasteiger partial charge in [0.05, 0.1) is 25.3 Å². The van der Waals surface area contributed by atoms with E-state index in [-0.39, 0.29) is 83.2 Å². The van der Waals surface area contributed by atoms with Crippen LogP contribution in [0.3, 0.4) is 0 Å². The number of rotatable bonds is 22. The van der Waals surface area contributed by atoms with Crippen molar-refractivity contribution in [3.8, 4) is 5.75 Å². The summed E-state index contributed by atoms with van der Waals surface area (Å²) in [4.78, 5) is 272. The molecule has 4 aliphatic heterocycles. The summed E-state index contributed by atoms with van der Waals surface area (Å²) in [6.45, 7) is 3.91. The highest BCUT2D eigenvalue weighted by Gasteiger charge is 2.47. The van der Waals surface area contributed by atoms with E-state index in [2.05, 4.69) is 63.1 Å². The fourth-order valence-corrected chi connectivity index (χ4v) is 17.5. The summed E-state index contributed by atoms with van der Waals surface area (Å²) in [7, 11) is 2.70. The molecule has 5 aromatic rings. The number of fused-ring (bicyclic) bond motifs is 5. The number of phenolic OH excluding ortho intramolecular Hbond substituents is 1. The highest BCUT2D eigenvalue weighted by molar-refractivity contribution is 8.00. The Morgan fingerprint density at radius 1 is 0.512 bits per heavy atom. The predicted octanol–water partition coefficient (Wildman–Crippen LogP) is -2.55. The quantitative estimate of drug-likeness (QED) is 0.0339. The number of carbonyl (C=O) groups is 18. The number of H-pyrrole nitrogens is 2. The van der Waals surface area contributed by atoms with Gasteiger partial charge < -0.3 is 120 Å². The lowest BCUT2D eigenvalue weighted by Gasteiger charge is -2.38. The summed E-state index contributed by atoms with van der Waals surface area (Å²) in [6.07, 6.45) is 2.97. The number of unbranched alkanes of at least 4 members (excludes halogenated alkanes) is 2. The third-order valence-corrected chi connectivity index (χ3v) is 24.7. The summed E-state index contributed by atoms with van der Waals surface area (Å²) in [5.41, 5.74) is 19.9. The van der Waals surface area contributed by atoms with Crippen molar-refractivity contribution in [3.05, 3.63) is 102 Å². The number of carboxylic acid groups (broad SMARTS) is 1. The number of piperidine rings is 1. The Labute approximate surface area is 749 Å². The second-order valence-corrected chi connectivity index (χ2v) is 34.3. The average molecular weight is 1810 g/mol. The van der Waals surface area contributed by atoms with E-state index >= 15 is 33.6 Å². The maximum Gasteiger partial charge on any atom is 0.305 e. The number of carbonyl (C=O) groups excluding carboxylic acids is 17. The van der Waals surface area contributed by atoms with Crippen LogP contribution in [0, 0.1) is 5.92 Å². The van der Waals surface area contributed by atoms with Gasteiger partial charge in [0.15, 0.2) is 0 Å². The van der Waals surface area contributed by atoms with E-state index in [0.717, 1.165) is 31.4 Å². The van der Waals surface area contributed by atoms with Gasteiger partial charge in [-0.1, -0.05) is 95.0 Å². The molecule has 9 rings (SSSR count). The Kier molecular flexibility index (Phi) is 36.7. The van der Waals surface area contributed by atoms with Crippen LogP contribution in [0.25, 0.3) is 21.8 Å². The lowest BCUT2D eigenvalue weighted by molar-refractivity contribution is -0.149. The van der Waals surface area contributed by atoms with Crippen LogP contribution in [0.15, 0.2) is 85.2 Å². The molecule has 0 saturated carbocycles. The van der Waals surface area contributed by atoms with Crippen LogP contribution in [0.2, 0.25) is 0 Å². The third kappa shape index (κ3) is 26.9. The van der Waals surface area contributed by atoms with E-state index in [1.807, 2.05) is 13.8 Å². The number of aromatic amines is 2. The van der Waals surface area contributed by atoms with Gasteiger partial charge in [-0.15, -0.1) is 11.8 Å². The van der Waals surface area contributed by atoms with Gasteiger partial charge in [0.1, 0.15) is 90.3 Å². The van der Waals surface area contributed by atoms with E-state index < -0.39 is 247 Å². The number of carboxylic acids is 1. The smallest absolute Gasteiger partial charge is 0.305 e. The lowest BCUT2D eigenvalue weighted by Crippen LogP contribution is -2.62. The summed E-state index contributed by atoms with van der Waals surface area (Å²) in [6, 6.07) is -1.94. The van der Waals surface area contributed by atoms with Gasteiger partial charge in [-0.2, -0.15) is 0 Å². The number of nitrogens with zero attached hydrogens (tertiary/aromatic N) is 5. The fourth-order valence-electron chi connectivity index (χ4n) is 16.6. The number of hydrogen-bond acceptors (Lipinski definition) is 22. The molecular formula is C87H120N20O21S. The van der Waals surface area contributed by atoms with Gasteiger partial charge in [-0.25, -0.2) is 0 Å². The number of primary amides is 2. The SMILES string of the molecule is CCCC[C@H]1C(=O)N(C)[C@@H](CCCC)C(=O)N[C@@H](C)C(=O)NC(C(=O)NCC(N)=O)CSCC(=O)N[C@@H](Cc2ccc(O)cc2)C(=O)N2CCCC[C@H]2C(=O)N[C@@H](CC(=O)O)C(=O)N2CCC[C@H]2C(=O)N[C@@H](CN)C(=O)N[C@@H](CCC(N)=O)C(=O)N2CC(C)C[C@H]2C(=O)N[C@@H](Cc2c[nH]c3ccccc23)C(=O)N[C@@H](CO)C(=O)N[C@@H](Cc2c[nH]c3ccccc23)C(=O)N1C. The van der Waals surface area contributed by atoms with Crippen molar-refractivity contribution < 1.29 is 102 Å². The molecule has 15 atom stereocenters. The largest absolute Gasteiger partial charge is 0.508 e. The first kappa shape index (κ1) is 100. The number of nitrogens with one attached hydrogen (secondary N) is 12. The maximum absolute atomic E-state index is 15.6. The fraction of sp³-hybridized carbons (Fsp3) is 0.540. The molecule has 3 aromatic carbocycles. The maximum atomic E-state index is 15.6. The normalized spacial score (nSPS) is 25.9. The second-order valence-electron chi connectivity index (χ2n) is 33.3. The molecular weight excluding hydrogens is 1690 g/mol. The van der Waals surface area contributed by atoms with Gasteiger partial charge in [-0.05, 0) is 112 Å². The first-order chi connectivity index (χ1) is 61.5. The standard InChI is InChI=1S/C87H120N20O21S/c1-7-9-22-65-79(120)94-48(4)74(115)102-64(75(116)93-42-71(90)111)45-129-46-72(112)95-59(35-49-26-28-52(109)29-27-49)85(126)105-32-16-15-24-66(105)80(121)99-61(38-73(113)114)86(127)106-33-17-25-67(106)81(122)100-62(39-88)77(118)96-57(30-31-70(89)110)84(125)107-43-47(3)34-69(107)82(123)97-58(36-50-40-91-55-20-13-11-18-53(50)55)76(117)101-63(44-108)78(119)98-60(37-51-41-92-56-21-14-12-19-54(51)56)83(124)104(6)68(23-10-8-2)87(128)103(65)5/h11-14,18-21,26-29,40-41,47-48,57-69,91-92,108-109H,7-10,15-17,22-25,30-39,42-46,88H2,1-6H3,(H2,89,110)(H2,90,111)(H,93,116)(H,94,120)(H,95,112)(H,96,118)(H,97,123)(H,98,119)(H,99,121)(H,100,122)(H,101,117)(H,102,115)(H,113,114)/t47?,48-,57-,58-,59-,60-,61-,62-,63-,64?,65-,66-,67-,68-,69-/m0/s1. The molecule has 6 heterocycles. The van der Waals surface area contributed by atoms with Crippen molar-refractivity contribution in [2.24, 2.45) is 23.1 Å². The second kappa shape index (κ2) is 47.4. The molecule has 4 saturated heterocycles. The highest BCUT2D eigenvalue weighted by Crippen LogP contribution is 2.30. The number of thioether (sulfide) groups is 1. The number of nitrogens with two attached hydrogens (primary N) is 3. The van der Waals surface area contributed by atoms with Crippen molar-refractivity contribution in [2.45, 2.75) is 228 Å². The molecule has 0 aliphatic carbocycles. The van der Waals surface area contributed by atoms with Gasteiger partial charge in [-0.3, -0.25) is 86.3 Å². The van der Waals surface area contributed by atoms with Gasteiger partial charge in [0, 0.05) is 106 Å². The van der Waals surface area contributed by atoms with Gasteiger partial charge in [0.25, 0.3) is 0 Å². The monoisotopic (exact) mass is 1810 g/mol. The van der Waals surface area contributed by atoms with Crippen LogP contribution < -0.4 is 70.4 Å². The van der Waals surface area contributed by atoms with Crippen LogP contribution in [0.4, 0.5) is 0 Å². The Morgan fingerprint density at radius 3 is 1.62 bits per heavy atom. The van der Waals surface area contributed by atoms with Crippen LogP contribution in [0.1, 0.15) is 141 Å². The van der Waals surface area contributed by atoms with Crippen molar-refractivity contribution in [1.29, 1.82) is 0 Å². The van der Waals surface area contributed by atoms with E-state index in [9.17, 15) is 68.1 Å². The number of aliphatic hydroxyl groups is 1. The predicted molar refractivity (Wildman–Crippen MR) is 471 cm³/mol. The Bertz CT molecular complexity index is 4910. The lowest BCUT2D eigenvalue weighted by atomic mass is 9.97. The number of likely N-dealkylation sites (N-methyl/N-ethyl adjacent to an activating group) is 2. The van der Waals surface area contributed by atoms with Crippen molar-refractivity contribution >= 4 is 140 Å². The number of para-hydroxylation sites is 2. The number of hydrogen-bond donors (Lipinski definition) is 18. The van der Waals surface area contributed by atoms with Crippen LogP contribution in [0.5, 0.6) is 5.75 Å². The number of aliphatic carboxylic acids is 1. The molecule has 129 heavy (non-hydrogen) atoms. The number of aliphatic hydroxyl groups excluding tert-OH is 1. The van der Waals surface area contributed by atoms with Crippen LogP contribution in [-0.2, 0) is 106 Å². The molecule has 0 bridgehead atoms. The molecule has 4 fully saturated rings. The minimum absolute atomic E-state index is 0.0175. The summed E-state index contributed by atoms with van der Waals surface area (Å²) >= 11 is 0.787. The average Bonchev–Trinajstić information content (AvgIpc) is 1.64. The first-order valence-electron chi connectivity index (χ1n) is 43.5. The minimum Gasteiger partial charge on any atom is -0.508 e. The van der Waals surface area contributed by atoms with Crippen molar-refractivity contribution in [1.82, 2.24) is 87.6 Å². The zero-order valence-corrected chi connectivity index (χ0v) is 74.0. The Morgan fingerprint density at radius 2 is 1.02 bits per heavy atom. The van der Waals surface area contributed by atoms with E-state index in [0.29, 0.717) is 77.0 Å². The number of benzene rings is 3. The number of amides is 17. The molecule has 4 aliphatic rings. The molecule has 2 unspecified atom stereocenters. The van der Waals surface area contributed by atoms with Crippen LogP contribution in [-0.4, -0.2) is 306 Å². The molecule has 41 nitrogen and oxygen atoms in total. The molecule has 700 valence electrons. The van der Waals surface area contributed by atoms with E-state index in [1.165, 1.54) is 50.2 Å². The number of phenols is 1. The van der Waals surface area contributed by atoms with Crippen molar-refractivity contribution in [2.75, 3.05) is 64.9 Å². The van der Waals surface area contributed by atoms with Crippen LogP contribution >= 0.6 is 11.8 Å². The van der Waals surface area contributed by atoms with Gasteiger partial charge >= 0.3 is 5.97 Å². The Hall–Kier alpha value is -12.7. The zero-order valence-electron chi connectivity index (χ0n) is 73.2. The molecule has 0 radical (unpaired) electrons. The zero-order chi connectivity index (χ0) is 94.0.